The Kier molecular flexibility index (Phi) is 5.38. The molecule has 0 bridgehead atoms. The minimum Gasteiger partial charge on any atom is -0.306 e. The molecular weight excluding hydrogens is 285 g/mol. The fraction of sp³-hybridized carbons (Fsp3) is 0.333. The van der Waals surface area contributed by atoms with Crippen molar-refractivity contribution in [2.45, 2.75) is 32.7 Å². The SMILES string of the molecule is CCNC(c1ccc(C(C)C)cc1)c1cc(F)ccc1Cl. The Bertz CT molecular complexity index is 593. The zero-order chi connectivity index (χ0) is 15.4. The first-order valence-corrected chi connectivity index (χ1v) is 7.69. The van der Waals surface area contributed by atoms with E-state index in [1.54, 1.807) is 6.07 Å². The molecule has 1 unspecified atom stereocenters. The van der Waals surface area contributed by atoms with Crippen molar-refractivity contribution in [3.8, 4) is 0 Å². The summed E-state index contributed by atoms with van der Waals surface area (Å²) in [6, 6.07) is 12.8. The number of halogens is 2. The van der Waals surface area contributed by atoms with Gasteiger partial charge in [-0.25, -0.2) is 4.39 Å². The van der Waals surface area contributed by atoms with Crippen LogP contribution in [0.25, 0.3) is 0 Å². The minimum atomic E-state index is -0.267. The molecule has 0 amide bonds. The Morgan fingerprint density at radius 2 is 1.67 bits per heavy atom. The van der Waals surface area contributed by atoms with Crippen LogP contribution < -0.4 is 5.32 Å². The lowest BCUT2D eigenvalue weighted by molar-refractivity contribution is 0.603. The lowest BCUT2D eigenvalue weighted by Crippen LogP contribution is -2.22. The lowest BCUT2D eigenvalue weighted by Gasteiger charge is -2.21. The maximum atomic E-state index is 13.5. The Balaban J connectivity index is 2.40. The highest BCUT2D eigenvalue weighted by atomic mass is 35.5. The van der Waals surface area contributed by atoms with Gasteiger partial charge in [-0.3, -0.25) is 0 Å². The summed E-state index contributed by atoms with van der Waals surface area (Å²) in [5.41, 5.74) is 3.16. The molecule has 0 saturated heterocycles. The van der Waals surface area contributed by atoms with E-state index in [1.165, 1.54) is 17.7 Å². The van der Waals surface area contributed by atoms with Crippen LogP contribution in [0.1, 0.15) is 49.4 Å². The van der Waals surface area contributed by atoms with E-state index in [9.17, 15) is 4.39 Å². The van der Waals surface area contributed by atoms with Gasteiger partial charge in [0.1, 0.15) is 5.82 Å². The van der Waals surface area contributed by atoms with E-state index in [1.807, 2.05) is 6.92 Å². The fourth-order valence-corrected chi connectivity index (χ4v) is 2.65. The monoisotopic (exact) mass is 305 g/mol. The van der Waals surface area contributed by atoms with Gasteiger partial charge in [-0.05, 0) is 47.4 Å². The second kappa shape index (κ2) is 7.06. The number of benzene rings is 2. The van der Waals surface area contributed by atoms with Gasteiger partial charge in [0.15, 0.2) is 0 Å². The van der Waals surface area contributed by atoms with Crippen molar-refractivity contribution in [1.29, 1.82) is 0 Å². The molecule has 1 atom stereocenters. The largest absolute Gasteiger partial charge is 0.306 e. The molecule has 0 fully saturated rings. The topological polar surface area (TPSA) is 12.0 Å². The highest BCUT2D eigenvalue weighted by Gasteiger charge is 2.17. The molecule has 0 aliphatic rings. The van der Waals surface area contributed by atoms with E-state index in [0.717, 1.165) is 17.7 Å². The molecule has 0 radical (unpaired) electrons. The summed E-state index contributed by atoms with van der Waals surface area (Å²) in [6.45, 7) is 7.15. The zero-order valence-electron chi connectivity index (χ0n) is 12.7. The first-order chi connectivity index (χ1) is 10.0. The Hall–Kier alpha value is -1.38. The maximum Gasteiger partial charge on any atom is 0.123 e. The van der Waals surface area contributed by atoms with E-state index in [4.69, 9.17) is 11.6 Å². The van der Waals surface area contributed by atoms with Gasteiger partial charge >= 0.3 is 0 Å². The predicted octanol–water partition coefficient (Wildman–Crippen LogP) is 5.30. The van der Waals surface area contributed by atoms with Crippen molar-refractivity contribution in [2.75, 3.05) is 6.54 Å². The Labute approximate surface area is 131 Å². The van der Waals surface area contributed by atoms with Gasteiger partial charge in [-0.15, -0.1) is 0 Å². The molecule has 3 heteroatoms. The average molecular weight is 306 g/mol. The second-order valence-electron chi connectivity index (χ2n) is 5.48. The van der Waals surface area contributed by atoms with Crippen molar-refractivity contribution >= 4 is 11.6 Å². The van der Waals surface area contributed by atoms with Gasteiger partial charge in [0, 0.05) is 5.02 Å². The summed E-state index contributed by atoms with van der Waals surface area (Å²) in [5, 5.41) is 3.96. The molecule has 2 rings (SSSR count). The van der Waals surface area contributed by atoms with E-state index in [-0.39, 0.29) is 11.9 Å². The highest BCUT2D eigenvalue weighted by Crippen LogP contribution is 2.30. The van der Waals surface area contributed by atoms with Crippen LogP contribution in [0, 0.1) is 5.82 Å². The van der Waals surface area contributed by atoms with Crippen LogP contribution in [0.5, 0.6) is 0 Å². The van der Waals surface area contributed by atoms with Gasteiger partial charge in [-0.1, -0.05) is 56.6 Å². The third-order valence-corrected chi connectivity index (χ3v) is 3.96. The van der Waals surface area contributed by atoms with Gasteiger partial charge in [-0.2, -0.15) is 0 Å². The van der Waals surface area contributed by atoms with Crippen LogP contribution >= 0.6 is 11.6 Å². The highest BCUT2D eigenvalue weighted by molar-refractivity contribution is 6.31. The van der Waals surface area contributed by atoms with Gasteiger partial charge in [0.25, 0.3) is 0 Å². The number of hydrogen-bond acceptors (Lipinski definition) is 1. The number of nitrogens with one attached hydrogen (secondary N) is 1. The molecule has 0 aliphatic carbocycles. The van der Waals surface area contributed by atoms with Gasteiger partial charge in [0.05, 0.1) is 6.04 Å². The molecule has 1 N–H and O–H groups in total. The minimum absolute atomic E-state index is 0.0978. The standard InChI is InChI=1S/C18H21ClFN/c1-4-21-18(16-11-15(20)9-10-17(16)19)14-7-5-13(6-8-14)12(2)3/h5-12,18,21H,4H2,1-3H3. The van der Waals surface area contributed by atoms with Crippen molar-refractivity contribution in [1.82, 2.24) is 5.32 Å². The Morgan fingerprint density at radius 1 is 1.05 bits per heavy atom. The van der Waals surface area contributed by atoms with E-state index in [0.29, 0.717) is 10.9 Å². The molecular formula is C18H21ClFN. The molecule has 112 valence electrons. The fourth-order valence-electron chi connectivity index (χ4n) is 2.42. The third kappa shape index (κ3) is 3.84. The van der Waals surface area contributed by atoms with Crippen molar-refractivity contribution in [3.05, 3.63) is 70.0 Å². The average Bonchev–Trinajstić information content (AvgIpc) is 2.48. The third-order valence-electron chi connectivity index (χ3n) is 3.61. The predicted molar refractivity (Wildman–Crippen MR) is 87.5 cm³/mol. The molecule has 0 heterocycles. The van der Waals surface area contributed by atoms with Crippen LogP contribution in [0.15, 0.2) is 42.5 Å². The Morgan fingerprint density at radius 3 is 2.24 bits per heavy atom. The van der Waals surface area contributed by atoms with Crippen molar-refractivity contribution in [2.24, 2.45) is 0 Å². The molecule has 0 aliphatic heterocycles. The zero-order valence-corrected chi connectivity index (χ0v) is 13.4. The first-order valence-electron chi connectivity index (χ1n) is 7.31. The molecule has 0 saturated carbocycles. The summed E-state index contributed by atoms with van der Waals surface area (Å²) in [5.74, 6) is 0.227. The summed E-state index contributed by atoms with van der Waals surface area (Å²) >= 11 is 6.25. The van der Waals surface area contributed by atoms with E-state index >= 15 is 0 Å². The molecule has 1 nitrogen and oxygen atoms in total. The number of rotatable bonds is 5. The number of hydrogen-bond donors (Lipinski definition) is 1. The molecule has 21 heavy (non-hydrogen) atoms. The summed E-state index contributed by atoms with van der Waals surface area (Å²) in [7, 11) is 0. The normalized spacial score (nSPS) is 12.7. The van der Waals surface area contributed by atoms with Crippen LogP contribution in [0.2, 0.25) is 5.02 Å². The maximum absolute atomic E-state index is 13.5. The smallest absolute Gasteiger partial charge is 0.123 e. The summed E-state index contributed by atoms with van der Waals surface area (Å²) in [4.78, 5) is 0. The van der Waals surface area contributed by atoms with E-state index < -0.39 is 0 Å². The van der Waals surface area contributed by atoms with Crippen LogP contribution in [0.4, 0.5) is 4.39 Å². The van der Waals surface area contributed by atoms with Crippen molar-refractivity contribution in [3.63, 3.8) is 0 Å². The van der Waals surface area contributed by atoms with Crippen LogP contribution in [-0.4, -0.2) is 6.54 Å². The molecule has 2 aromatic carbocycles. The van der Waals surface area contributed by atoms with Crippen LogP contribution in [0.3, 0.4) is 0 Å². The summed E-state index contributed by atoms with van der Waals surface area (Å²) < 4.78 is 13.5. The molecule has 0 aromatic heterocycles. The van der Waals surface area contributed by atoms with Crippen molar-refractivity contribution < 1.29 is 4.39 Å². The van der Waals surface area contributed by atoms with E-state index in [2.05, 4.69) is 43.4 Å². The van der Waals surface area contributed by atoms with Crippen LogP contribution in [-0.2, 0) is 0 Å². The van der Waals surface area contributed by atoms with Gasteiger partial charge < -0.3 is 5.32 Å². The van der Waals surface area contributed by atoms with Gasteiger partial charge in [0.2, 0.25) is 0 Å². The molecule has 0 spiro atoms. The second-order valence-corrected chi connectivity index (χ2v) is 5.89. The summed E-state index contributed by atoms with van der Waals surface area (Å²) in [6.07, 6.45) is 0. The first kappa shape index (κ1) is 16.0. The molecule has 2 aromatic rings. The lowest BCUT2D eigenvalue weighted by atomic mass is 9.95. The quantitative estimate of drug-likeness (QED) is 0.790.